The van der Waals surface area contributed by atoms with Crippen LogP contribution >= 0.6 is 0 Å². The van der Waals surface area contributed by atoms with Crippen LogP contribution in [-0.2, 0) is 6.42 Å². The van der Waals surface area contributed by atoms with Crippen LogP contribution in [-0.4, -0.2) is 38.9 Å². The Labute approximate surface area is 195 Å². The van der Waals surface area contributed by atoms with Gasteiger partial charge in [-0.15, -0.1) is 0 Å². The lowest BCUT2D eigenvalue weighted by Crippen LogP contribution is -2.18. The minimum atomic E-state index is -0.481. The first-order valence-electron chi connectivity index (χ1n) is 10.8. The van der Waals surface area contributed by atoms with E-state index in [9.17, 15) is 4.39 Å². The summed E-state index contributed by atoms with van der Waals surface area (Å²) in [6.45, 7) is 1.75. The second kappa shape index (κ2) is 8.36. The van der Waals surface area contributed by atoms with Crippen molar-refractivity contribution in [3.8, 4) is 11.4 Å². The molecule has 0 saturated carbocycles. The topological polar surface area (TPSA) is 95.0 Å². The van der Waals surface area contributed by atoms with Gasteiger partial charge in [-0.3, -0.25) is 0 Å². The Morgan fingerprint density at radius 3 is 2.59 bits per heavy atom. The lowest BCUT2D eigenvalue weighted by Gasteiger charge is -2.23. The van der Waals surface area contributed by atoms with Crippen LogP contribution in [0, 0.1) is 18.6 Å². The van der Waals surface area contributed by atoms with Crippen LogP contribution in [0.4, 0.5) is 26.2 Å². The summed E-state index contributed by atoms with van der Waals surface area (Å²) < 4.78 is 35.8. The van der Waals surface area contributed by atoms with E-state index in [1.807, 2.05) is 0 Å². The van der Waals surface area contributed by atoms with Crippen LogP contribution in [0.5, 0.6) is 5.75 Å². The lowest BCUT2D eigenvalue weighted by atomic mass is 9.97. The van der Waals surface area contributed by atoms with E-state index < -0.39 is 5.82 Å². The van der Waals surface area contributed by atoms with E-state index >= 15 is 4.39 Å². The molecule has 1 unspecified atom stereocenters. The summed E-state index contributed by atoms with van der Waals surface area (Å²) in [7, 11) is 3.24. The third kappa shape index (κ3) is 3.70. The summed E-state index contributed by atoms with van der Waals surface area (Å²) in [4.78, 5) is 14.7. The predicted octanol–water partition coefficient (Wildman–Crippen LogP) is 4.08. The molecule has 1 aliphatic rings. The molecule has 0 aliphatic heterocycles. The first-order chi connectivity index (χ1) is 16.4. The van der Waals surface area contributed by atoms with Crippen molar-refractivity contribution >= 4 is 17.5 Å². The molecule has 0 bridgehead atoms. The Hall–Kier alpha value is -4.08. The first-order valence-corrected chi connectivity index (χ1v) is 10.8. The molecule has 4 aromatic rings. The molecule has 10 heteroatoms. The Morgan fingerprint density at radius 2 is 1.91 bits per heavy atom. The van der Waals surface area contributed by atoms with E-state index in [0.29, 0.717) is 29.5 Å². The van der Waals surface area contributed by atoms with Gasteiger partial charge in [0.2, 0.25) is 5.95 Å². The molecule has 0 radical (unpaired) electrons. The average molecular weight is 463 g/mol. The Morgan fingerprint density at radius 1 is 1.15 bits per heavy atom. The predicted molar refractivity (Wildman–Crippen MR) is 124 cm³/mol. The normalized spacial score (nSPS) is 14.8. The number of benzene rings is 2. The maximum absolute atomic E-state index is 15.4. The Kier molecular flexibility index (Phi) is 5.35. The fourth-order valence-corrected chi connectivity index (χ4v) is 4.46. The monoisotopic (exact) mass is 463 g/mol. The van der Waals surface area contributed by atoms with Crippen molar-refractivity contribution in [2.45, 2.75) is 25.7 Å². The van der Waals surface area contributed by atoms with Gasteiger partial charge >= 0.3 is 0 Å². The van der Waals surface area contributed by atoms with Gasteiger partial charge in [-0.1, -0.05) is 12.1 Å². The van der Waals surface area contributed by atoms with Gasteiger partial charge in [0.1, 0.15) is 41.0 Å². The number of aromatic nitrogens is 5. The van der Waals surface area contributed by atoms with Crippen LogP contribution in [0.1, 0.15) is 35.0 Å². The molecule has 0 fully saturated rings. The fourth-order valence-electron chi connectivity index (χ4n) is 4.46. The number of ether oxygens (including phenoxy) is 1. The molecular weight excluding hydrogens is 440 g/mol. The fraction of sp³-hybridized carbons (Fsp3) is 0.250. The Bertz CT molecular complexity index is 1370. The van der Waals surface area contributed by atoms with Crippen LogP contribution in [0.2, 0.25) is 0 Å². The van der Waals surface area contributed by atoms with Gasteiger partial charge in [0.15, 0.2) is 0 Å². The maximum atomic E-state index is 15.4. The van der Waals surface area contributed by atoms with Crippen molar-refractivity contribution in [1.29, 1.82) is 0 Å². The zero-order valence-corrected chi connectivity index (χ0v) is 19.0. The van der Waals surface area contributed by atoms with Gasteiger partial charge in [0.05, 0.1) is 18.5 Å². The van der Waals surface area contributed by atoms with Gasteiger partial charge in [-0.05, 0) is 37.5 Å². The summed E-state index contributed by atoms with van der Waals surface area (Å²) in [6, 6.07) is 9.33. The van der Waals surface area contributed by atoms with Crippen molar-refractivity contribution < 1.29 is 13.5 Å². The van der Waals surface area contributed by atoms with Gasteiger partial charge in [0.25, 0.3) is 0 Å². The number of nitrogen functional groups attached to an aromatic ring is 1. The summed E-state index contributed by atoms with van der Waals surface area (Å²) in [6.07, 6.45) is 2.96. The number of methoxy groups -OCH3 is 1. The number of hydrogen-bond acceptors (Lipinski definition) is 7. The molecule has 1 aliphatic carbocycles. The number of anilines is 3. The molecule has 0 spiro atoms. The molecule has 0 amide bonds. The van der Waals surface area contributed by atoms with E-state index in [2.05, 4.69) is 20.1 Å². The number of hydrogen-bond donors (Lipinski definition) is 1. The molecule has 1 atom stereocenters. The smallest absolute Gasteiger partial charge is 0.222 e. The summed E-state index contributed by atoms with van der Waals surface area (Å²) in [5, 5.41) is 4.25. The third-order valence-electron chi connectivity index (χ3n) is 6.10. The molecular formula is C24H23F2N7O. The average Bonchev–Trinajstić information content (AvgIpc) is 3.44. The highest BCUT2D eigenvalue weighted by Gasteiger charge is 2.31. The minimum absolute atomic E-state index is 0.0367. The van der Waals surface area contributed by atoms with Crippen LogP contribution < -0.4 is 15.4 Å². The number of rotatable bonds is 5. The van der Waals surface area contributed by atoms with Crippen LogP contribution in [0.3, 0.4) is 0 Å². The maximum Gasteiger partial charge on any atom is 0.222 e. The van der Waals surface area contributed by atoms with E-state index in [1.165, 1.54) is 36.3 Å². The highest BCUT2D eigenvalue weighted by Crippen LogP contribution is 2.43. The van der Waals surface area contributed by atoms with Gasteiger partial charge in [0, 0.05) is 30.7 Å². The zero-order valence-electron chi connectivity index (χ0n) is 19.0. The molecule has 8 nitrogen and oxygen atoms in total. The highest BCUT2D eigenvalue weighted by atomic mass is 19.1. The van der Waals surface area contributed by atoms with Gasteiger partial charge in [-0.2, -0.15) is 10.1 Å². The molecule has 2 heterocycles. The number of nitrogens with two attached hydrogens (primary N) is 1. The van der Waals surface area contributed by atoms with Crippen molar-refractivity contribution in [1.82, 2.24) is 24.7 Å². The van der Waals surface area contributed by atoms with E-state index in [0.717, 1.165) is 23.2 Å². The second-order valence-electron chi connectivity index (χ2n) is 8.18. The molecule has 0 saturated heterocycles. The molecule has 2 aromatic heterocycles. The molecule has 5 rings (SSSR count). The molecule has 34 heavy (non-hydrogen) atoms. The number of aryl methyl sites for hydroxylation is 1. The van der Waals surface area contributed by atoms with Crippen molar-refractivity contribution in [3.05, 3.63) is 77.0 Å². The summed E-state index contributed by atoms with van der Waals surface area (Å²) in [5.74, 6) is 0.797. The van der Waals surface area contributed by atoms with Crippen molar-refractivity contribution in [2.24, 2.45) is 0 Å². The lowest BCUT2D eigenvalue weighted by molar-refractivity contribution is 0.410. The van der Waals surface area contributed by atoms with Crippen LogP contribution in [0.25, 0.3) is 5.69 Å². The summed E-state index contributed by atoms with van der Waals surface area (Å²) in [5.41, 5.74) is 9.38. The third-order valence-corrected chi connectivity index (χ3v) is 6.10. The standard InChI is InChI=1S/C24H23F2N7O/c1-13-28-12-33(31-13)20-10-18(26)19(11-21(20)34-3)32(2)23-17-9-8-16(22(17)29-24(27)30-23)14-4-6-15(25)7-5-14/h4-7,10-12,16H,8-9H2,1-3H3,(H2,27,29,30). The SMILES string of the molecule is COc1cc(N(C)c2nc(N)nc3c2CCC3c2ccc(F)cc2)c(F)cc1-n1cnc(C)n1. The second-order valence-corrected chi connectivity index (χ2v) is 8.18. The van der Waals surface area contributed by atoms with Gasteiger partial charge < -0.3 is 15.4 Å². The number of nitrogens with zero attached hydrogens (tertiary/aromatic N) is 6. The highest BCUT2D eigenvalue weighted by molar-refractivity contribution is 5.69. The van der Waals surface area contributed by atoms with Crippen molar-refractivity contribution in [3.63, 3.8) is 0 Å². The van der Waals surface area contributed by atoms with Crippen molar-refractivity contribution in [2.75, 3.05) is 24.8 Å². The minimum Gasteiger partial charge on any atom is -0.494 e. The molecule has 2 N–H and O–H groups in total. The quantitative estimate of drug-likeness (QED) is 0.477. The summed E-state index contributed by atoms with van der Waals surface area (Å²) >= 11 is 0. The zero-order chi connectivity index (χ0) is 24.0. The number of fused-ring (bicyclic) bond motifs is 1. The largest absolute Gasteiger partial charge is 0.494 e. The number of halogens is 2. The van der Waals surface area contributed by atoms with E-state index in [-0.39, 0.29) is 23.4 Å². The molecule has 174 valence electrons. The first kappa shape index (κ1) is 21.7. The van der Waals surface area contributed by atoms with E-state index in [1.54, 1.807) is 37.1 Å². The van der Waals surface area contributed by atoms with Gasteiger partial charge in [-0.25, -0.2) is 23.4 Å². The van der Waals surface area contributed by atoms with E-state index in [4.69, 9.17) is 10.5 Å². The van der Waals surface area contributed by atoms with Crippen LogP contribution in [0.15, 0.2) is 42.7 Å². The Balaban J connectivity index is 1.57. The molecule has 2 aromatic carbocycles.